The Morgan fingerprint density at radius 2 is 1.92 bits per heavy atom. The van der Waals surface area contributed by atoms with E-state index in [9.17, 15) is 4.79 Å². The van der Waals surface area contributed by atoms with Crippen molar-refractivity contribution in [2.45, 2.75) is 26.4 Å². The maximum absolute atomic E-state index is 11.9. The average Bonchev–Trinajstić information content (AvgIpc) is 3.08. The molecule has 0 radical (unpaired) electrons. The van der Waals surface area contributed by atoms with Gasteiger partial charge in [-0.1, -0.05) is 6.07 Å². The molecule has 0 unspecified atom stereocenters. The molecule has 1 amide bonds. The molecule has 0 bridgehead atoms. The quantitative estimate of drug-likeness (QED) is 0.654. The Labute approximate surface area is 156 Å². The van der Waals surface area contributed by atoms with Crippen LogP contribution in [0.15, 0.2) is 53.5 Å². The van der Waals surface area contributed by atoms with Crippen molar-refractivity contribution >= 4 is 34.6 Å². The minimum atomic E-state index is -0.542. The molecule has 0 aliphatic rings. The summed E-state index contributed by atoms with van der Waals surface area (Å²) in [7, 11) is 0. The molecule has 2 heterocycles. The summed E-state index contributed by atoms with van der Waals surface area (Å²) in [6, 6.07) is 9.32. The van der Waals surface area contributed by atoms with Gasteiger partial charge in [0.2, 0.25) is 0 Å². The van der Waals surface area contributed by atoms with Crippen LogP contribution < -0.4 is 10.6 Å². The minimum absolute atomic E-state index is 0.491. The summed E-state index contributed by atoms with van der Waals surface area (Å²) in [6.07, 6.45) is 2.92. The smallest absolute Gasteiger partial charge is 0.412 e. The van der Waals surface area contributed by atoms with Gasteiger partial charge < -0.3 is 10.1 Å². The van der Waals surface area contributed by atoms with E-state index >= 15 is 0 Å². The van der Waals surface area contributed by atoms with Gasteiger partial charge >= 0.3 is 6.09 Å². The molecule has 6 nitrogen and oxygen atoms in total. The fraction of sp³-hybridized carbons (Fsp3) is 0.211. The summed E-state index contributed by atoms with van der Waals surface area (Å²) in [6.45, 7) is 5.47. The molecular weight excluding hydrogens is 348 g/mol. The maximum atomic E-state index is 11.9. The lowest BCUT2D eigenvalue weighted by molar-refractivity contribution is 0.0636. The van der Waals surface area contributed by atoms with Gasteiger partial charge in [0.05, 0.1) is 18.1 Å². The molecule has 0 aliphatic carbocycles. The number of carbonyl (C=O) groups is 1. The van der Waals surface area contributed by atoms with E-state index < -0.39 is 11.7 Å². The molecule has 3 rings (SSSR count). The predicted molar refractivity (Wildman–Crippen MR) is 105 cm³/mol. The molecule has 3 aromatic rings. The van der Waals surface area contributed by atoms with Crippen LogP contribution in [0.3, 0.4) is 0 Å². The van der Waals surface area contributed by atoms with Crippen molar-refractivity contribution in [1.82, 2.24) is 9.97 Å². The summed E-state index contributed by atoms with van der Waals surface area (Å²) >= 11 is 1.62. The Morgan fingerprint density at radius 1 is 1.12 bits per heavy atom. The lowest BCUT2D eigenvalue weighted by atomic mass is 10.2. The SMILES string of the molecule is CC(C)(C)OC(=O)Nc1cccc(Nc2cnc(-c3ccsc3)cn2)c1. The summed E-state index contributed by atoms with van der Waals surface area (Å²) in [4.78, 5) is 20.7. The van der Waals surface area contributed by atoms with E-state index in [0.717, 1.165) is 16.9 Å². The van der Waals surface area contributed by atoms with E-state index in [-0.39, 0.29) is 0 Å². The number of nitrogens with zero attached hydrogens (tertiary/aromatic N) is 2. The molecule has 26 heavy (non-hydrogen) atoms. The van der Waals surface area contributed by atoms with Crippen LogP contribution in [0.1, 0.15) is 20.8 Å². The second-order valence-corrected chi connectivity index (χ2v) is 7.41. The normalized spacial score (nSPS) is 11.0. The monoisotopic (exact) mass is 368 g/mol. The van der Waals surface area contributed by atoms with Crippen LogP contribution in [0.5, 0.6) is 0 Å². The molecular formula is C19H20N4O2S. The van der Waals surface area contributed by atoms with Crippen molar-refractivity contribution in [1.29, 1.82) is 0 Å². The lowest BCUT2D eigenvalue weighted by Crippen LogP contribution is -2.27. The van der Waals surface area contributed by atoms with E-state index in [1.54, 1.807) is 35.9 Å². The van der Waals surface area contributed by atoms with E-state index in [4.69, 9.17) is 4.74 Å². The van der Waals surface area contributed by atoms with Gasteiger partial charge in [0.25, 0.3) is 0 Å². The molecule has 1 aromatic carbocycles. The molecule has 2 aromatic heterocycles. The Morgan fingerprint density at radius 3 is 2.58 bits per heavy atom. The highest BCUT2D eigenvalue weighted by atomic mass is 32.1. The summed E-state index contributed by atoms with van der Waals surface area (Å²) in [5, 5.41) is 9.93. The fourth-order valence-corrected chi connectivity index (χ4v) is 2.85. The second-order valence-electron chi connectivity index (χ2n) is 6.63. The topological polar surface area (TPSA) is 76.1 Å². The van der Waals surface area contributed by atoms with Gasteiger partial charge in [0, 0.05) is 22.3 Å². The number of aromatic nitrogens is 2. The van der Waals surface area contributed by atoms with Crippen LogP contribution in [0.4, 0.5) is 22.0 Å². The standard InChI is InChI=1S/C19H20N4O2S/c1-19(2,3)25-18(24)23-15-6-4-5-14(9-15)22-17-11-20-16(10-21-17)13-7-8-26-12-13/h4-12H,1-3H3,(H,21,22)(H,23,24). The number of anilines is 3. The summed E-state index contributed by atoms with van der Waals surface area (Å²) in [5.74, 6) is 0.624. The van der Waals surface area contributed by atoms with E-state index in [1.807, 2.05) is 49.7 Å². The number of hydrogen-bond acceptors (Lipinski definition) is 6. The first-order valence-electron chi connectivity index (χ1n) is 8.11. The maximum Gasteiger partial charge on any atom is 0.412 e. The van der Waals surface area contributed by atoms with E-state index in [2.05, 4.69) is 20.6 Å². The number of carbonyl (C=O) groups excluding carboxylic acids is 1. The van der Waals surface area contributed by atoms with E-state index in [1.165, 1.54) is 0 Å². The zero-order valence-corrected chi connectivity index (χ0v) is 15.6. The molecule has 2 N–H and O–H groups in total. The first kappa shape index (κ1) is 17.9. The molecule has 134 valence electrons. The number of nitrogens with one attached hydrogen (secondary N) is 2. The van der Waals surface area contributed by atoms with E-state index in [0.29, 0.717) is 11.5 Å². The van der Waals surface area contributed by atoms with Crippen molar-refractivity contribution < 1.29 is 9.53 Å². The average molecular weight is 368 g/mol. The van der Waals surface area contributed by atoms with Gasteiger partial charge in [0.1, 0.15) is 11.4 Å². The molecule has 7 heteroatoms. The lowest BCUT2D eigenvalue weighted by Gasteiger charge is -2.19. The summed E-state index contributed by atoms with van der Waals surface area (Å²) < 4.78 is 5.26. The highest BCUT2D eigenvalue weighted by Gasteiger charge is 2.16. The van der Waals surface area contributed by atoms with Crippen LogP contribution >= 0.6 is 11.3 Å². The number of amides is 1. The second kappa shape index (κ2) is 7.53. The zero-order chi connectivity index (χ0) is 18.6. The van der Waals surface area contributed by atoms with Gasteiger partial charge in [-0.3, -0.25) is 10.3 Å². The minimum Gasteiger partial charge on any atom is -0.444 e. The van der Waals surface area contributed by atoms with Crippen molar-refractivity contribution in [3.8, 4) is 11.3 Å². The first-order valence-corrected chi connectivity index (χ1v) is 9.05. The third kappa shape index (κ3) is 5.03. The Hall–Kier alpha value is -2.93. The Bertz CT molecular complexity index is 871. The van der Waals surface area contributed by atoms with Gasteiger partial charge in [-0.2, -0.15) is 11.3 Å². The van der Waals surface area contributed by atoms with Gasteiger partial charge in [0.15, 0.2) is 0 Å². The van der Waals surface area contributed by atoms with Crippen LogP contribution in [-0.4, -0.2) is 21.7 Å². The highest BCUT2D eigenvalue weighted by Crippen LogP contribution is 2.22. The number of rotatable bonds is 4. The highest BCUT2D eigenvalue weighted by molar-refractivity contribution is 7.08. The molecule has 0 fully saturated rings. The number of hydrogen-bond donors (Lipinski definition) is 2. The molecule has 0 aliphatic heterocycles. The van der Waals surface area contributed by atoms with Crippen molar-refractivity contribution in [3.63, 3.8) is 0 Å². The summed E-state index contributed by atoms with van der Waals surface area (Å²) in [5.41, 5.74) is 2.76. The van der Waals surface area contributed by atoms with Gasteiger partial charge in [-0.15, -0.1) is 0 Å². The molecule has 0 saturated heterocycles. The van der Waals surface area contributed by atoms with Crippen LogP contribution in [0.25, 0.3) is 11.3 Å². The van der Waals surface area contributed by atoms with Crippen molar-refractivity contribution in [2.75, 3.05) is 10.6 Å². The van der Waals surface area contributed by atoms with Crippen molar-refractivity contribution in [2.24, 2.45) is 0 Å². The largest absolute Gasteiger partial charge is 0.444 e. The Kier molecular flexibility index (Phi) is 5.18. The molecule has 0 saturated carbocycles. The van der Waals surface area contributed by atoms with Crippen LogP contribution in [0.2, 0.25) is 0 Å². The number of thiophene rings is 1. The van der Waals surface area contributed by atoms with Gasteiger partial charge in [-0.05, 0) is 50.4 Å². The zero-order valence-electron chi connectivity index (χ0n) is 14.8. The third-order valence-corrected chi connectivity index (χ3v) is 3.93. The molecule has 0 atom stereocenters. The van der Waals surface area contributed by atoms with Crippen molar-refractivity contribution in [3.05, 3.63) is 53.5 Å². The number of ether oxygens (including phenoxy) is 1. The number of benzene rings is 1. The fourth-order valence-electron chi connectivity index (χ4n) is 2.20. The predicted octanol–water partition coefficient (Wildman–Crippen LogP) is 5.30. The van der Waals surface area contributed by atoms with Gasteiger partial charge in [-0.25, -0.2) is 9.78 Å². The van der Waals surface area contributed by atoms with Crippen LogP contribution in [0, 0.1) is 0 Å². The first-order chi connectivity index (χ1) is 12.4. The third-order valence-electron chi connectivity index (χ3n) is 3.25. The van der Waals surface area contributed by atoms with Crippen LogP contribution in [-0.2, 0) is 4.74 Å². The Balaban J connectivity index is 1.66. The molecule has 0 spiro atoms.